The van der Waals surface area contributed by atoms with Gasteiger partial charge in [0.05, 0.1) is 45.6 Å². The van der Waals surface area contributed by atoms with Gasteiger partial charge in [-0.2, -0.15) is 51.8 Å². The molecule has 117 heavy (non-hydrogen) atoms. The Labute approximate surface area is 668 Å². The Hall–Kier alpha value is -15.1. The number of halogens is 6. The van der Waals surface area contributed by atoms with Crippen molar-refractivity contribution in [2.24, 2.45) is 9.98 Å². The molecule has 2 aliphatic rings. The molecule has 594 valence electrons. The average Bonchev–Trinajstić information content (AvgIpc) is 1.73. The molecule has 0 spiro atoms. The Bertz CT molecular complexity index is 5640. The summed E-state index contributed by atoms with van der Waals surface area (Å²) in [6.07, 6.45) is 18.1. The van der Waals surface area contributed by atoms with Crippen LogP contribution >= 0.6 is 0 Å². The number of pyridine rings is 7. The summed E-state index contributed by atoms with van der Waals surface area (Å²) in [5, 5.41) is 31.1. The maximum Gasteiger partial charge on any atom is 0.432 e. The van der Waals surface area contributed by atoms with E-state index in [1.54, 1.807) is 92.9 Å². The van der Waals surface area contributed by atoms with Crippen molar-refractivity contribution in [1.82, 2.24) is 121 Å². The van der Waals surface area contributed by atoms with Gasteiger partial charge in [-0.05, 0) is 238 Å². The van der Waals surface area contributed by atoms with Crippen LogP contribution in [0.25, 0.3) is 91.8 Å². The summed E-state index contributed by atoms with van der Waals surface area (Å²) < 4.78 is 73.6. The van der Waals surface area contributed by atoms with Crippen molar-refractivity contribution in [1.29, 1.82) is 0 Å². The van der Waals surface area contributed by atoms with Crippen LogP contribution in [-0.4, -0.2) is 133 Å². The first-order valence-corrected chi connectivity index (χ1v) is 36.2. The predicted octanol–water partition coefficient (Wildman–Crippen LogP) is 19.1. The van der Waals surface area contributed by atoms with E-state index in [1.165, 1.54) is 40.6 Å². The van der Waals surface area contributed by atoms with Crippen LogP contribution in [0.5, 0.6) is 0 Å². The van der Waals surface area contributed by atoms with Gasteiger partial charge in [-0.1, -0.05) is 42.5 Å². The highest BCUT2D eigenvalue weighted by Gasteiger charge is 2.34. The van der Waals surface area contributed by atoms with Crippen LogP contribution in [0, 0.1) is 48.5 Å². The SMILES string of the molecule is C1=C/C(=C/c2ccc[nH]2)N=C1.CC1=CC(C)=N/C1=C(/C)c1[nH]c(C)cc1C.Cc1cc(-c2ccccn2)n[nH]1.Cc1cccc(-c2cc(C(F)(F)F)[nH]n2)n1.Cc1cccc(-c2nc(C)c(C)[nH]2)n1.FC(F)(F)c1cc(-c2ccccn2)n[nH]1.c1ccc(-c2ccn[nH]2)nc1.c1ccc(-c2ncc[nH]2)nc1.c1ccc(-c2ncn[nH]2)nc1. The number of nitrogens with zero attached hydrogens (tertiary/aromatic N) is 17. The number of rotatable bonds is 9. The molecular weight excluding hydrogens is 1500 g/mol. The standard InChI is InChI=1S/C14H18N2.C11H13N3.C10H8F3N3.C9H6F3N3.C9H9N3.C9H8N2.2C8H7N3.C7H6N4/c1-8-6-10(3)15-13(8)12(5)14-9(2)7-11(4)16-14;1-7-5-4-6-10(12-7)11-13-8(2)9(3)14-11;1-6-3-2-4-7(14-6)8-5-9(16-15-8)10(11,12)13;10-9(11,12)8-5-7(14-15-8)6-3-1-2-4-13-6;1-7-6-9(12-11-7)8-4-2-3-5-10-8;1-3-8(10-5-1)7-9-4-2-6-11-9;1-2-5-9-7(3-1)8-4-6-10-11-8;1-2-4-9-7(3-1)8-10-5-6-11-8;1-2-4-8-6(3-1)7-9-5-10-11-7/h6-7,15H,1-5H3;4-6H,1-3H3,(H,13,14);2-5H,1H3,(H,15,16);1-5H,(H,14,15);2-6H,1H3,(H,11,12);1-7,10H;2*1-6H,(H,10,11);1-5H,(H,9,10,11)/b14-12-;;;;;9-7-;;;. The number of nitrogens with one attached hydrogen (secondary N) is 9. The molecule has 32 heteroatoms. The first-order chi connectivity index (χ1) is 56.4. The maximum absolute atomic E-state index is 12.3. The molecule has 0 saturated heterocycles. The molecular formula is C85H82F6N26. The van der Waals surface area contributed by atoms with Crippen molar-refractivity contribution >= 4 is 23.6 Å². The second-order valence-electron chi connectivity index (χ2n) is 25.6. The Kier molecular flexibility index (Phi) is 29.9. The van der Waals surface area contributed by atoms with E-state index < -0.39 is 23.7 Å². The van der Waals surface area contributed by atoms with Crippen LogP contribution < -0.4 is 0 Å². The number of allylic oxidation sites excluding steroid dienone is 5. The van der Waals surface area contributed by atoms with Gasteiger partial charge in [-0.25, -0.2) is 19.9 Å². The molecule has 0 amide bonds. The summed E-state index contributed by atoms with van der Waals surface area (Å²) in [7, 11) is 0. The van der Waals surface area contributed by atoms with Crippen molar-refractivity contribution in [3.8, 4) is 80.1 Å². The fraction of sp³-hybridized carbons (Fsp3) is 0.141. The molecule has 0 radical (unpaired) electrons. The number of aromatic amines is 9. The molecule has 0 fully saturated rings. The lowest BCUT2D eigenvalue weighted by molar-refractivity contribution is -0.142. The van der Waals surface area contributed by atoms with Crippen LogP contribution in [0.2, 0.25) is 0 Å². The molecule has 0 aliphatic carbocycles. The zero-order valence-electron chi connectivity index (χ0n) is 65.2. The largest absolute Gasteiger partial charge is 0.432 e. The molecule has 2 aliphatic heterocycles. The highest BCUT2D eigenvalue weighted by molar-refractivity contribution is 5.99. The van der Waals surface area contributed by atoms with Gasteiger partial charge in [0.1, 0.15) is 51.9 Å². The highest BCUT2D eigenvalue weighted by Crippen LogP contribution is 2.33. The third kappa shape index (κ3) is 26.0. The van der Waals surface area contributed by atoms with Crippen LogP contribution in [0.1, 0.15) is 83.3 Å². The van der Waals surface area contributed by atoms with E-state index in [9.17, 15) is 26.3 Å². The van der Waals surface area contributed by atoms with Gasteiger partial charge in [0.15, 0.2) is 17.5 Å². The average molecular weight is 1580 g/mol. The summed E-state index contributed by atoms with van der Waals surface area (Å²) in [5.41, 5.74) is 21.1. The van der Waals surface area contributed by atoms with E-state index in [4.69, 9.17) is 0 Å². The number of imidazole rings is 2. The molecule has 0 aromatic carbocycles. The van der Waals surface area contributed by atoms with E-state index >= 15 is 0 Å². The zero-order valence-corrected chi connectivity index (χ0v) is 65.2. The maximum atomic E-state index is 12.3. The minimum Gasteiger partial charge on any atom is -0.362 e. The zero-order chi connectivity index (χ0) is 83.1. The van der Waals surface area contributed by atoms with Crippen LogP contribution in [0.3, 0.4) is 0 Å². The fourth-order valence-corrected chi connectivity index (χ4v) is 10.8. The van der Waals surface area contributed by atoms with Crippen molar-refractivity contribution in [3.05, 3.63) is 330 Å². The quantitative estimate of drug-likeness (QED) is 0.0606. The lowest BCUT2D eigenvalue weighted by atomic mass is 10.1. The van der Waals surface area contributed by atoms with Gasteiger partial charge in [-0.3, -0.25) is 65.4 Å². The van der Waals surface area contributed by atoms with Gasteiger partial charge in [-0.15, -0.1) is 0 Å². The second kappa shape index (κ2) is 41.4. The smallest absolute Gasteiger partial charge is 0.362 e. The molecule has 18 rings (SSSR count). The Balaban J connectivity index is 0.000000139. The summed E-state index contributed by atoms with van der Waals surface area (Å²) in [4.78, 5) is 62.7. The van der Waals surface area contributed by atoms with Crippen LogP contribution in [-0.2, 0) is 12.4 Å². The monoisotopic (exact) mass is 1580 g/mol. The summed E-state index contributed by atoms with van der Waals surface area (Å²) in [6, 6.07) is 50.8. The molecule has 16 aromatic rings. The van der Waals surface area contributed by atoms with Crippen molar-refractivity contribution in [3.63, 3.8) is 0 Å². The Morgan fingerprint density at radius 2 is 0.974 bits per heavy atom. The molecule has 9 N–H and O–H groups in total. The minimum absolute atomic E-state index is 0.183. The van der Waals surface area contributed by atoms with Crippen molar-refractivity contribution < 1.29 is 26.3 Å². The molecule has 18 heterocycles. The second-order valence-corrected chi connectivity index (χ2v) is 25.6. The third-order valence-electron chi connectivity index (χ3n) is 16.4. The summed E-state index contributed by atoms with van der Waals surface area (Å²) in [5.74, 6) is 2.36. The number of alkyl halides is 6. The van der Waals surface area contributed by atoms with Gasteiger partial charge in [0.25, 0.3) is 0 Å². The summed E-state index contributed by atoms with van der Waals surface area (Å²) in [6.45, 7) is 20.2. The Morgan fingerprint density at radius 1 is 0.419 bits per heavy atom. The van der Waals surface area contributed by atoms with Gasteiger partial charge >= 0.3 is 12.4 Å². The highest BCUT2D eigenvalue weighted by atomic mass is 19.4. The molecule has 0 bridgehead atoms. The molecule has 0 saturated carbocycles. The topological polar surface area (TPSA) is 360 Å². The molecule has 0 unspecified atom stereocenters. The van der Waals surface area contributed by atoms with Gasteiger partial charge in [0.2, 0.25) is 0 Å². The first-order valence-electron chi connectivity index (χ1n) is 36.2. The van der Waals surface area contributed by atoms with Crippen LogP contribution in [0.15, 0.2) is 277 Å². The van der Waals surface area contributed by atoms with E-state index in [-0.39, 0.29) is 11.4 Å². The lowest BCUT2D eigenvalue weighted by Crippen LogP contribution is -2.04. The number of aryl methyl sites for hydroxylation is 7. The van der Waals surface area contributed by atoms with E-state index in [0.29, 0.717) is 17.2 Å². The third-order valence-corrected chi connectivity index (χ3v) is 16.4. The lowest BCUT2D eigenvalue weighted by Gasteiger charge is -2.05. The number of hydrogen-bond acceptors (Lipinski definition) is 17. The van der Waals surface area contributed by atoms with Crippen molar-refractivity contribution in [2.75, 3.05) is 0 Å². The summed E-state index contributed by atoms with van der Waals surface area (Å²) >= 11 is 0. The molecule has 16 aromatic heterocycles. The van der Waals surface area contributed by atoms with E-state index in [0.717, 1.165) is 115 Å². The molecule has 26 nitrogen and oxygen atoms in total. The van der Waals surface area contributed by atoms with Gasteiger partial charge in [0, 0.05) is 108 Å². The van der Waals surface area contributed by atoms with Crippen LogP contribution in [0.4, 0.5) is 26.3 Å². The molecule has 0 atom stereocenters. The first kappa shape index (κ1) is 84.3. The fourth-order valence-electron chi connectivity index (χ4n) is 10.8. The Morgan fingerprint density at radius 3 is 1.41 bits per heavy atom. The van der Waals surface area contributed by atoms with Crippen molar-refractivity contribution in [2.45, 2.75) is 81.6 Å². The van der Waals surface area contributed by atoms with E-state index in [1.807, 2.05) is 185 Å². The number of H-pyrrole nitrogens is 9. The normalized spacial score (nSPS) is 12.4. The number of aromatic nitrogens is 24. The number of hydrogen-bond donors (Lipinski definition) is 9. The predicted molar refractivity (Wildman–Crippen MR) is 440 cm³/mol. The minimum atomic E-state index is -4.41. The van der Waals surface area contributed by atoms with E-state index in [2.05, 4.69) is 160 Å². The number of aliphatic imine (C=N–C) groups is 2. The van der Waals surface area contributed by atoms with Gasteiger partial charge < -0.3 is 19.9 Å².